The van der Waals surface area contributed by atoms with Gasteiger partial charge in [0.05, 0.1) is 4.90 Å². The lowest BCUT2D eigenvalue weighted by atomic mass is 10.2. The molecule has 1 fully saturated rings. The minimum atomic E-state index is -3.58. The van der Waals surface area contributed by atoms with E-state index in [0.717, 1.165) is 26.1 Å². The number of nitrogens with one attached hydrogen (secondary N) is 2. The van der Waals surface area contributed by atoms with Crippen molar-refractivity contribution in [3.05, 3.63) is 65.7 Å². The third kappa shape index (κ3) is 4.07. The number of likely N-dealkylation sites (tertiary alicyclic amines) is 1. The van der Waals surface area contributed by atoms with Crippen LogP contribution < -0.4 is 10.0 Å². The fourth-order valence-corrected chi connectivity index (χ4v) is 4.86. The molecule has 1 atom stereocenters. The maximum atomic E-state index is 12.3. The molecule has 4 rings (SSSR count). The van der Waals surface area contributed by atoms with Crippen LogP contribution in [0.4, 0.5) is 0 Å². The maximum Gasteiger partial charge on any atom is 0.263 e. The highest BCUT2D eigenvalue weighted by molar-refractivity contribution is 7.90. The van der Waals surface area contributed by atoms with Gasteiger partial charge < -0.3 is 5.32 Å². The van der Waals surface area contributed by atoms with Crippen molar-refractivity contribution < 1.29 is 13.2 Å². The molecule has 146 valence electrons. The molecule has 2 aromatic carbocycles. The quantitative estimate of drug-likeness (QED) is 0.790. The monoisotopic (exact) mass is 398 g/mol. The summed E-state index contributed by atoms with van der Waals surface area (Å²) in [6.07, 6.45) is 0.893. The van der Waals surface area contributed by atoms with E-state index < -0.39 is 10.0 Å². The van der Waals surface area contributed by atoms with Crippen LogP contribution >= 0.6 is 0 Å². The summed E-state index contributed by atoms with van der Waals surface area (Å²) in [4.78, 5) is 19.0. The fraction of sp³-hybridized carbons (Fsp3) is 0.300. The minimum Gasteiger partial charge on any atom is -0.350 e. The molecule has 0 aliphatic carbocycles. The standard InChI is InChI=1S/C20H22N4O3S/c25-19(12-21-20-17-8-4-5-9-18(17)28(26,27)23-20)22-16-10-11-24(14-16)13-15-6-2-1-3-7-15/h1-9,16H,10-14H2,(H,21,23)(H,22,25)/t16-/m1/s1. The van der Waals surface area contributed by atoms with Crippen molar-refractivity contribution in [1.82, 2.24) is 14.9 Å². The topological polar surface area (TPSA) is 90.9 Å². The molecule has 0 radical (unpaired) electrons. The lowest BCUT2D eigenvalue weighted by Crippen LogP contribution is -2.38. The normalized spacial score (nSPS) is 22.0. The summed E-state index contributed by atoms with van der Waals surface area (Å²) in [6, 6.07) is 17.0. The first kappa shape index (κ1) is 18.6. The molecule has 2 aliphatic rings. The number of carbonyl (C=O) groups excluding carboxylic acids is 1. The molecule has 0 bridgehead atoms. The zero-order valence-corrected chi connectivity index (χ0v) is 16.2. The molecule has 0 unspecified atom stereocenters. The number of hydrogen-bond acceptors (Lipinski definition) is 5. The third-order valence-corrected chi connectivity index (χ3v) is 6.33. The van der Waals surface area contributed by atoms with Gasteiger partial charge in [0.2, 0.25) is 5.91 Å². The Labute approximate surface area is 164 Å². The second-order valence-electron chi connectivity index (χ2n) is 7.04. The summed E-state index contributed by atoms with van der Waals surface area (Å²) in [5.74, 6) is 0.0190. The van der Waals surface area contributed by atoms with Gasteiger partial charge in [-0.05, 0) is 24.1 Å². The first-order chi connectivity index (χ1) is 13.5. The predicted molar refractivity (Wildman–Crippen MR) is 106 cm³/mol. The Kier molecular flexibility index (Phi) is 5.15. The zero-order valence-electron chi connectivity index (χ0n) is 15.3. The van der Waals surface area contributed by atoms with Crippen LogP contribution in [-0.2, 0) is 21.4 Å². The van der Waals surface area contributed by atoms with Crippen molar-refractivity contribution in [3.63, 3.8) is 0 Å². The SMILES string of the molecule is O=C(CN=C1NS(=O)(=O)c2ccccc21)N[C@@H]1CCN(Cc2ccccc2)C1. The van der Waals surface area contributed by atoms with Crippen LogP contribution in [0.1, 0.15) is 17.5 Å². The molecule has 8 heteroatoms. The van der Waals surface area contributed by atoms with E-state index in [4.69, 9.17) is 0 Å². The van der Waals surface area contributed by atoms with Crippen LogP contribution in [0.25, 0.3) is 0 Å². The van der Waals surface area contributed by atoms with Crippen LogP contribution in [0.15, 0.2) is 64.5 Å². The lowest BCUT2D eigenvalue weighted by molar-refractivity contribution is -0.120. The lowest BCUT2D eigenvalue weighted by Gasteiger charge is -2.16. The van der Waals surface area contributed by atoms with Crippen LogP contribution in [0.3, 0.4) is 0 Å². The molecule has 2 aromatic rings. The smallest absolute Gasteiger partial charge is 0.263 e. The first-order valence-corrected chi connectivity index (χ1v) is 10.7. The summed E-state index contributed by atoms with van der Waals surface area (Å²) >= 11 is 0. The Morgan fingerprint density at radius 1 is 1.14 bits per heavy atom. The van der Waals surface area contributed by atoms with E-state index in [-0.39, 0.29) is 29.2 Å². The third-order valence-electron chi connectivity index (χ3n) is 4.93. The summed E-state index contributed by atoms with van der Waals surface area (Å²) in [7, 11) is -3.58. The van der Waals surface area contributed by atoms with Gasteiger partial charge in [0, 0.05) is 31.2 Å². The molecule has 28 heavy (non-hydrogen) atoms. The predicted octanol–water partition coefficient (Wildman–Crippen LogP) is 1.12. The number of amidine groups is 1. The van der Waals surface area contributed by atoms with Crippen molar-refractivity contribution in [1.29, 1.82) is 0 Å². The molecule has 0 aromatic heterocycles. The molecule has 2 aliphatic heterocycles. The Morgan fingerprint density at radius 3 is 2.71 bits per heavy atom. The van der Waals surface area contributed by atoms with Crippen LogP contribution in [-0.4, -0.2) is 50.7 Å². The van der Waals surface area contributed by atoms with Gasteiger partial charge in [0.15, 0.2) is 0 Å². The number of sulfonamides is 1. The number of fused-ring (bicyclic) bond motifs is 1. The van der Waals surface area contributed by atoms with Crippen molar-refractivity contribution in [3.8, 4) is 0 Å². The second-order valence-corrected chi connectivity index (χ2v) is 8.69. The van der Waals surface area contributed by atoms with E-state index in [1.54, 1.807) is 18.2 Å². The summed E-state index contributed by atoms with van der Waals surface area (Å²) in [5.41, 5.74) is 1.76. The highest BCUT2D eigenvalue weighted by atomic mass is 32.2. The van der Waals surface area contributed by atoms with E-state index in [1.165, 1.54) is 11.6 Å². The Morgan fingerprint density at radius 2 is 1.89 bits per heavy atom. The maximum absolute atomic E-state index is 12.3. The van der Waals surface area contributed by atoms with Crippen molar-refractivity contribution in [2.75, 3.05) is 19.6 Å². The van der Waals surface area contributed by atoms with E-state index in [2.05, 4.69) is 32.1 Å². The Hall–Kier alpha value is -2.71. The minimum absolute atomic E-state index is 0.0870. The largest absolute Gasteiger partial charge is 0.350 e. The van der Waals surface area contributed by atoms with E-state index >= 15 is 0 Å². The number of benzene rings is 2. The molecule has 0 saturated carbocycles. The van der Waals surface area contributed by atoms with Crippen LogP contribution in [0.5, 0.6) is 0 Å². The highest BCUT2D eigenvalue weighted by Crippen LogP contribution is 2.22. The number of amides is 1. The summed E-state index contributed by atoms with van der Waals surface area (Å²) < 4.78 is 26.6. The molecule has 2 heterocycles. The highest BCUT2D eigenvalue weighted by Gasteiger charge is 2.30. The van der Waals surface area contributed by atoms with Crippen LogP contribution in [0.2, 0.25) is 0 Å². The Bertz CT molecular complexity index is 1010. The van der Waals surface area contributed by atoms with Gasteiger partial charge in [0.25, 0.3) is 10.0 Å². The van der Waals surface area contributed by atoms with E-state index in [0.29, 0.717) is 5.56 Å². The summed E-state index contributed by atoms with van der Waals surface area (Å²) in [5, 5.41) is 3.00. The molecular formula is C20H22N4O3S. The van der Waals surface area contributed by atoms with Gasteiger partial charge in [-0.1, -0.05) is 42.5 Å². The van der Waals surface area contributed by atoms with Crippen molar-refractivity contribution >= 4 is 21.8 Å². The van der Waals surface area contributed by atoms with Crippen molar-refractivity contribution in [2.45, 2.75) is 23.9 Å². The van der Waals surface area contributed by atoms with E-state index in [1.807, 2.05) is 18.2 Å². The molecule has 1 saturated heterocycles. The molecule has 0 spiro atoms. The number of hydrogen-bond donors (Lipinski definition) is 2. The van der Waals surface area contributed by atoms with Gasteiger partial charge in [-0.25, -0.2) is 8.42 Å². The molecule has 7 nitrogen and oxygen atoms in total. The van der Waals surface area contributed by atoms with Crippen LogP contribution in [0, 0.1) is 0 Å². The molecule has 1 amide bonds. The average Bonchev–Trinajstić information content (AvgIpc) is 3.23. The summed E-state index contributed by atoms with van der Waals surface area (Å²) in [6.45, 7) is 2.49. The van der Waals surface area contributed by atoms with Gasteiger partial charge in [-0.3, -0.25) is 19.4 Å². The average molecular weight is 398 g/mol. The van der Waals surface area contributed by atoms with E-state index in [9.17, 15) is 13.2 Å². The number of carbonyl (C=O) groups is 1. The first-order valence-electron chi connectivity index (χ1n) is 9.23. The van der Waals surface area contributed by atoms with Gasteiger partial charge in [0.1, 0.15) is 12.4 Å². The number of aliphatic imine (C=N–C) groups is 1. The van der Waals surface area contributed by atoms with Crippen molar-refractivity contribution in [2.24, 2.45) is 4.99 Å². The zero-order chi connectivity index (χ0) is 19.6. The van der Waals surface area contributed by atoms with Gasteiger partial charge >= 0.3 is 0 Å². The number of rotatable bonds is 5. The number of nitrogens with zero attached hydrogens (tertiary/aromatic N) is 2. The van der Waals surface area contributed by atoms with Gasteiger partial charge in [-0.15, -0.1) is 0 Å². The van der Waals surface area contributed by atoms with Gasteiger partial charge in [-0.2, -0.15) is 0 Å². The molecular weight excluding hydrogens is 376 g/mol. The fourth-order valence-electron chi connectivity index (χ4n) is 3.61. The molecule has 2 N–H and O–H groups in total. The Balaban J connectivity index is 1.32. The second kappa shape index (κ2) is 7.73.